The third-order valence-electron chi connectivity index (χ3n) is 1.71. The molecule has 14 heavy (non-hydrogen) atoms. The first-order valence-electron chi connectivity index (χ1n) is 3.86. The van der Waals surface area contributed by atoms with Gasteiger partial charge in [-0.3, -0.25) is 4.79 Å². The summed E-state index contributed by atoms with van der Waals surface area (Å²) in [5, 5.41) is 8.56. The normalized spacial score (nSPS) is 11.6. The van der Waals surface area contributed by atoms with E-state index in [0.717, 1.165) is 10.5 Å². The molecule has 1 aromatic rings. The SMILES string of the molecule is Cl.NC(Cc1ccc(S)cc1)C(=O)O. The van der Waals surface area contributed by atoms with Gasteiger partial charge in [-0.2, -0.15) is 0 Å². The molecule has 3 nitrogen and oxygen atoms in total. The van der Waals surface area contributed by atoms with Gasteiger partial charge in [0.2, 0.25) is 0 Å². The number of nitrogens with two attached hydrogens (primary N) is 1. The number of aliphatic carboxylic acids is 1. The molecule has 3 N–H and O–H groups in total. The lowest BCUT2D eigenvalue weighted by molar-refractivity contribution is -0.138. The summed E-state index contributed by atoms with van der Waals surface area (Å²) in [6.07, 6.45) is 0.351. The highest BCUT2D eigenvalue weighted by Gasteiger charge is 2.11. The minimum Gasteiger partial charge on any atom is -0.480 e. The molecule has 0 amide bonds. The van der Waals surface area contributed by atoms with Gasteiger partial charge >= 0.3 is 5.97 Å². The lowest BCUT2D eigenvalue weighted by Crippen LogP contribution is -2.32. The van der Waals surface area contributed by atoms with Crippen LogP contribution >= 0.6 is 25.0 Å². The van der Waals surface area contributed by atoms with Gasteiger partial charge in [0.25, 0.3) is 0 Å². The molecule has 0 fully saturated rings. The number of carboxylic acids is 1. The minimum absolute atomic E-state index is 0. The summed E-state index contributed by atoms with van der Waals surface area (Å²) in [6, 6.07) is 6.45. The molecule has 0 radical (unpaired) electrons. The van der Waals surface area contributed by atoms with Gasteiger partial charge in [-0.25, -0.2) is 0 Å². The van der Waals surface area contributed by atoms with E-state index < -0.39 is 12.0 Å². The molecule has 5 heteroatoms. The number of hydrogen-bond donors (Lipinski definition) is 3. The Morgan fingerprint density at radius 2 is 1.93 bits per heavy atom. The van der Waals surface area contributed by atoms with E-state index in [0.29, 0.717) is 6.42 Å². The van der Waals surface area contributed by atoms with Gasteiger partial charge in [-0.15, -0.1) is 25.0 Å². The van der Waals surface area contributed by atoms with Crippen LogP contribution in [0.2, 0.25) is 0 Å². The fourth-order valence-corrected chi connectivity index (χ4v) is 1.12. The van der Waals surface area contributed by atoms with Crippen LogP contribution in [0.15, 0.2) is 29.2 Å². The Morgan fingerprint density at radius 1 is 1.43 bits per heavy atom. The number of carboxylic acid groups (broad SMARTS) is 1. The monoisotopic (exact) mass is 233 g/mol. The minimum atomic E-state index is -0.977. The number of rotatable bonds is 3. The highest BCUT2D eigenvalue weighted by atomic mass is 35.5. The number of halogens is 1. The van der Waals surface area contributed by atoms with Crippen molar-refractivity contribution >= 4 is 31.0 Å². The van der Waals surface area contributed by atoms with Crippen LogP contribution < -0.4 is 5.73 Å². The zero-order chi connectivity index (χ0) is 9.84. The van der Waals surface area contributed by atoms with Gasteiger partial charge in [0.1, 0.15) is 6.04 Å². The standard InChI is InChI=1S/C9H11NO2S.ClH/c10-8(9(11)12)5-6-1-3-7(13)4-2-6;/h1-4,8,13H,5,10H2,(H,11,12);1H. The van der Waals surface area contributed by atoms with Crippen LogP contribution in [0.3, 0.4) is 0 Å². The van der Waals surface area contributed by atoms with Crippen LogP contribution in [-0.2, 0) is 11.2 Å². The Hall–Kier alpha value is -0.710. The van der Waals surface area contributed by atoms with Crippen molar-refractivity contribution in [1.29, 1.82) is 0 Å². The Morgan fingerprint density at radius 3 is 2.36 bits per heavy atom. The average molecular weight is 234 g/mol. The third-order valence-corrected chi connectivity index (χ3v) is 2.01. The van der Waals surface area contributed by atoms with Crippen LogP contribution in [0.25, 0.3) is 0 Å². The maximum absolute atomic E-state index is 10.4. The predicted octanol–water partition coefficient (Wildman–Crippen LogP) is 1.35. The maximum Gasteiger partial charge on any atom is 0.320 e. The molecular formula is C9H12ClNO2S. The van der Waals surface area contributed by atoms with Crippen LogP contribution in [0.4, 0.5) is 0 Å². The van der Waals surface area contributed by atoms with Crippen LogP contribution in [0.1, 0.15) is 5.56 Å². The van der Waals surface area contributed by atoms with Crippen molar-refractivity contribution < 1.29 is 9.90 Å². The van der Waals surface area contributed by atoms with Crippen molar-refractivity contribution in [2.24, 2.45) is 5.73 Å². The molecule has 0 aromatic heterocycles. The van der Waals surface area contributed by atoms with Crippen molar-refractivity contribution in [3.05, 3.63) is 29.8 Å². The number of carbonyl (C=O) groups is 1. The van der Waals surface area contributed by atoms with E-state index in [1.54, 1.807) is 0 Å². The molecule has 0 saturated carbocycles. The number of benzene rings is 1. The first-order chi connectivity index (χ1) is 6.09. The third kappa shape index (κ3) is 4.00. The molecular weight excluding hydrogens is 222 g/mol. The van der Waals surface area contributed by atoms with Crippen molar-refractivity contribution in [2.75, 3.05) is 0 Å². The first kappa shape index (κ1) is 13.3. The molecule has 0 bridgehead atoms. The fraction of sp³-hybridized carbons (Fsp3) is 0.222. The molecule has 1 atom stereocenters. The zero-order valence-electron chi connectivity index (χ0n) is 7.38. The van der Waals surface area contributed by atoms with Crippen molar-refractivity contribution in [2.45, 2.75) is 17.4 Å². The van der Waals surface area contributed by atoms with Crippen molar-refractivity contribution in [3.8, 4) is 0 Å². The Labute approximate surface area is 94.1 Å². The maximum atomic E-state index is 10.4. The molecule has 0 heterocycles. The highest BCUT2D eigenvalue weighted by Crippen LogP contribution is 2.08. The Kier molecular flexibility index (Phi) is 5.60. The number of thiol groups is 1. The quantitative estimate of drug-likeness (QED) is 0.691. The summed E-state index contributed by atoms with van der Waals surface area (Å²) in [6.45, 7) is 0. The second kappa shape index (κ2) is 5.90. The van der Waals surface area contributed by atoms with E-state index >= 15 is 0 Å². The highest BCUT2D eigenvalue weighted by molar-refractivity contribution is 7.80. The molecule has 1 unspecified atom stereocenters. The summed E-state index contributed by atoms with van der Waals surface area (Å²) in [5.74, 6) is -0.977. The topological polar surface area (TPSA) is 63.3 Å². The van der Waals surface area contributed by atoms with Gasteiger partial charge in [-0.05, 0) is 24.1 Å². The fourth-order valence-electron chi connectivity index (χ4n) is 0.973. The lowest BCUT2D eigenvalue weighted by Gasteiger charge is -2.05. The van der Waals surface area contributed by atoms with Gasteiger partial charge in [0.15, 0.2) is 0 Å². The van der Waals surface area contributed by atoms with Crippen LogP contribution in [-0.4, -0.2) is 17.1 Å². The molecule has 78 valence electrons. The van der Waals surface area contributed by atoms with E-state index in [4.69, 9.17) is 10.8 Å². The van der Waals surface area contributed by atoms with Gasteiger partial charge in [-0.1, -0.05) is 12.1 Å². The summed E-state index contributed by atoms with van der Waals surface area (Å²) in [7, 11) is 0. The van der Waals surface area contributed by atoms with E-state index in [1.807, 2.05) is 24.3 Å². The van der Waals surface area contributed by atoms with Gasteiger partial charge in [0, 0.05) is 4.90 Å². The first-order valence-corrected chi connectivity index (χ1v) is 4.30. The van der Waals surface area contributed by atoms with Crippen molar-refractivity contribution in [3.63, 3.8) is 0 Å². The van der Waals surface area contributed by atoms with Crippen LogP contribution in [0, 0.1) is 0 Å². The molecule has 1 aromatic carbocycles. The van der Waals surface area contributed by atoms with Crippen molar-refractivity contribution in [1.82, 2.24) is 0 Å². The molecule has 1 rings (SSSR count). The summed E-state index contributed by atoms with van der Waals surface area (Å²) < 4.78 is 0. The van der Waals surface area contributed by atoms with E-state index in [1.165, 1.54) is 0 Å². The molecule has 0 aliphatic carbocycles. The summed E-state index contributed by atoms with van der Waals surface area (Å²) in [4.78, 5) is 11.3. The Balaban J connectivity index is 0.00000169. The summed E-state index contributed by atoms with van der Waals surface area (Å²) in [5.41, 5.74) is 6.28. The summed E-state index contributed by atoms with van der Waals surface area (Å²) >= 11 is 4.12. The second-order valence-electron chi connectivity index (χ2n) is 2.82. The van der Waals surface area contributed by atoms with E-state index in [9.17, 15) is 4.79 Å². The second-order valence-corrected chi connectivity index (χ2v) is 3.33. The molecule has 0 saturated heterocycles. The lowest BCUT2D eigenvalue weighted by atomic mass is 10.1. The van der Waals surface area contributed by atoms with E-state index in [2.05, 4.69) is 12.6 Å². The average Bonchev–Trinajstić information content (AvgIpc) is 2.08. The van der Waals surface area contributed by atoms with Gasteiger partial charge < -0.3 is 10.8 Å². The molecule has 0 aliphatic rings. The van der Waals surface area contributed by atoms with Crippen LogP contribution in [0.5, 0.6) is 0 Å². The largest absolute Gasteiger partial charge is 0.480 e. The molecule has 0 spiro atoms. The number of hydrogen-bond acceptors (Lipinski definition) is 3. The molecule has 0 aliphatic heterocycles. The Bertz CT molecular complexity index is 302. The predicted molar refractivity (Wildman–Crippen MR) is 60.3 cm³/mol. The van der Waals surface area contributed by atoms with E-state index in [-0.39, 0.29) is 12.4 Å². The zero-order valence-corrected chi connectivity index (χ0v) is 9.09. The van der Waals surface area contributed by atoms with Gasteiger partial charge in [0.05, 0.1) is 0 Å². The smallest absolute Gasteiger partial charge is 0.320 e.